The molecule has 0 unspecified atom stereocenters. The van der Waals surface area contributed by atoms with E-state index in [1.165, 1.54) is 0 Å². The normalized spacial score (nSPS) is 14.6. The molecule has 1 aliphatic rings. The Morgan fingerprint density at radius 3 is 2.38 bits per heavy atom. The number of benzene rings is 1. The van der Waals surface area contributed by atoms with Crippen molar-refractivity contribution in [1.29, 1.82) is 0 Å². The lowest BCUT2D eigenvalue weighted by molar-refractivity contribution is -0.192. The number of nitrogen functional groups attached to an aromatic ring is 1. The highest BCUT2D eigenvalue weighted by Gasteiger charge is 2.38. The first-order valence-electron chi connectivity index (χ1n) is 10.3. The van der Waals surface area contributed by atoms with Crippen molar-refractivity contribution in [1.82, 2.24) is 30.2 Å². The van der Waals surface area contributed by atoms with Crippen LogP contribution in [0.5, 0.6) is 0 Å². The van der Waals surface area contributed by atoms with Gasteiger partial charge in [0.25, 0.3) is 0 Å². The summed E-state index contributed by atoms with van der Waals surface area (Å²) in [4.78, 5) is 18.4. The second-order valence-corrected chi connectivity index (χ2v) is 7.48. The number of halogens is 3. The third-order valence-corrected chi connectivity index (χ3v) is 5.30. The summed E-state index contributed by atoms with van der Waals surface area (Å²) in [6.45, 7) is 1.93. The van der Waals surface area contributed by atoms with Crippen LogP contribution in [-0.2, 0) is 4.79 Å². The fraction of sp³-hybridized carbons (Fsp3) is 0.286. The Hall–Kier alpha value is -4.00. The molecule has 1 aromatic carbocycles. The second-order valence-electron chi connectivity index (χ2n) is 7.48. The molecule has 0 amide bonds. The number of hydrogen-bond donors (Lipinski definition) is 3. The number of nitrogens with zero attached hydrogens (tertiary/aromatic N) is 5. The van der Waals surface area contributed by atoms with E-state index in [1.54, 1.807) is 0 Å². The largest absolute Gasteiger partial charge is 0.490 e. The Balaban J connectivity index is 0.000000344. The van der Waals surface area contributed by atoms with E-state index in [4.69, 9.17) is 25.2 Å². The van der Waals surface area contributed by atoms with Gasteiger partial charge in [0.15, 0.2) is 17.3 Å². The SMILES string of the molecule is Nc1nonc1-c1nc2c(-c3ccccc3)nccc2n1C1CCNCC1.O=C(O)C(F)(F)F. The van der Waals surface area contributed by atoms with Gasteiger partial charge >= 0.3 is 12.1 Å². The van der Waals surface area contributed by atoms with Crippen molar-refractivity contribution in [3.05, 3.63) is 42.6 Å². The summed E-state index contributed by atoms with van der Waals surface area (Å²) in [5.41, 5.74) is 10.2. The highest BCUT2D eigenvalue weighted by atomic mass is 19.4. The van der Waals surface area contributed by atoms with E-state index in [9.17, 15) is 13.2 Å². The van der Waals surface area contributed by atoms with E-state index in [1.807, 2.05) is 42.6 Å². The molecular weight excluding hydrogens is 455 g/mol. The number of imidazole rings is 1. The third kappa shape index (κ3) is 4.69. The van der Waals surface area contributed by atoms with Crippen LogP contribution in [0.1, 0.15) is 18.9 Å². The Morgan fingerprint density at radius 2 is 1.79 bits per heavy atom. The number of piperidine rings is 1. The van der Waals surface area contributed by atoms with Crippen LogP contribution in [0.2, 0.25) is 0 Å². The van der Waals surface area contributed by atoms with Crippen molar-refractivity contribution in [2.45, 2.75) is 25.1 Å². The molecule has 0 atom stereocenters. The molecule has 1 fully saturated rings. The van der Waals surface area contributed by atoms with E-state index in [0.717, 1.165) is 48.2 Å². The molecule has 1 aliphatic heterocycles. The molecule has 34 heavy (non-hydrogen) atoms. The average molecular weight is 475 g/mol. The first-order chi connectivity index (χ1) is 16.3. The van der Waals surface area contributed by atoms with Gasteiger partial charge in [-0.1, -0.05) is 30.3 Å². The minimum absolute atomic E-state index is 0.245. The van der Waals surface area contributed by atoms with Crippen molar-refractivity contribution in [2.24, 2.45) is 0 Å². The number of nitrogens with two attached hydrogens (primary N) is 1. The zero-order valence-electron chi connectivity index (χ0n) is 17.7. The van der Waals surface area contributed by atoms with Gasteiger partial charge in [0.2, 0.25) is 0 Å². The predicted octanol–water partition coefficient (Wildman–Crippen LogP) is 3.29. The monoisotopic (exact) mass is 475 g/mol. The van der Waals surface area contributed by atoms with Crippen LogP contribution in [0.4, 0.5) is 19.0 Å². The molecule has 10 nitrogen and oxygen atoms in total. The summed E-state index contributed by atoms with van der Waals surface area (Å²) in [5.74, 6) is -1.83. The number of carbonyl (C=O) groups is 1. The van der Waals surface area contributed by atoms with Crippen LogP contribution < -0.4 is 11.1 Å². The Labute approximate surface area is 190 Å². The number of carboxylic acid groups (broad SMARTS) is 1. The van der Waals surface area contributed by atoms with Gasteiger partial charge in [0.05, 0.1) is 11.2 Å². The number of aromatic nitrogens is 5. The maximum absolute atomic E-state index is 10.6. The quantitative estimate of drug-likeness (QED) is 0.406. The average Bonchev–Trinajstić information content (AvgIpc) is 3.43. The van der Waals surface area contributed by atoms with E-state index < -0.39 is 12.1 Å². The molecule has 0 radical (unpaired) electrons. The van der Waals surface area contributed by atoms with Crippen molar-refractivity contribution < 1.29 is 27.7 Å². The van der Waals surface area contributed by atoms with Crippen molar-refractivity contribution in [2.75, 3.05) is 18.8 Å². The molecule has 1 saturated heterocycles. The van der Waals surface area contributed by atoms with Crippen LogP contribution >= 0.6 is 0 Å². The number of alkyl halides is 3. The van der Waals surface area contributed by atoms with Gasteiger partial charge in [0.1, 0.15) is 5.52 Å². The minimum Gasteiger partial charge on any atom is -0.475 e. The molecule has 4 aromatic rings. The van der Waals surface area contributed by atoms with Crippen molar-refractivity contribution >= 4 is 22.8 Å². The number of rotatable bonds is 3. The smallest absolute Gasteiger partial charge is 0.475 e. The number of aliphatic carboxylic acids is 1. The van der Waals surface area contributed by atoms with Gasteiger partial charge in [-0.05, 0) is 42.3 Å². The van der Waals surface area contributed by atoms with Gasteiger partial charge in [-0.2, -0.15) is 13.2 Å². The molecule has 0 aliphatic carbocycles. The van der Waals surface area contributed by atoms with Crippen LogP contribution in [-0.4, -0.2) is 55.2 Å². The Morgan fingerprint density at radius 1 is 1.12 bits per heavy atom. The van der Waals surface area contributed by atoms with Crippen LogP contribution in [0.3, 0.4) is 0 Å². The number of carboxylic acids is 1. The van der Waals surface area contributed by atoms with E-state index >= 15 is 0 Å². The molecule has 178 valence electrons. The van der Waals surface area contributed by atoms with E-state index in [-0.39, 0.29) is 5.82 Å². The molecule has 5 rings (SSSR count). The Kier molecular flexibility index (Phi) is 6.45. The molecule has 0 spiro atoms. The lowest BCUT2D eigenvalue weighted by Gasteiger charge is -2.25. The molecule has 0 bridgehead atoms. The number of nitrogens with one attached hydrogen (secondary N) is 1. The summed E-state index contributed by atoms with van der Waals surface area (Å²) in [6.07, 6.45) is -1.24. The first kappa shape index (κ1) is 23.2. The molecule has 4 heterocycles. The van der Waals surface area contributed by atoms with Gasteiger partial charge in [0, 0.05) is 17.8 Å². The number of hydrogen-bond acceptors (Lipinski definition) is 8. The van der Waals surface area contributed by atoms with Crippen molar-refractivity contribution in [3.63, 3.8) is 0 Å². The molecular formula is C21H20F3N7O3. The highest BCUT2D eigenvalue weighted by molar-refractivity contribution is 5.92. The lowest BCUT2D eigenvalue weighted by Crippen LogP contribution is -2.29. The summed E-state index contributed by atoms with van der Waals surface area (Å²) in [7, 11) is 0. The summed E-state index contributed by atoms with van der Waals surface area (Å²) in [5, 5.41) is 18.3. The third-order valence-electron chi connectivity index (χ3n) is 5.30. The van der Waals surface area contributed by atoms with Gasteiger partial charge in [-0.3, -0.25) is 4.98 Å². The fourth-order valence-corrected chi connectivity index (χ4v) is 3.78. The van der Waals surface area contributed by atoms with Gasteiger partial charge in [-0.15, -0.1) is 0 Å². The minimum atomic E-state index is -5.08. The van der Waals surface area contributed by atoms with Crippen LogP contribution in [0.25, 0.3) is 33.8 Å². The topological polar surface area (TPSA) is 145 Å². The molecule has 3 aromatic heterocycles. The maximum Gasteiger partial charge on any atom is 0.490 e. The van der Waals surface area contributed by atoms with Gasteiger partial charge in [-0.25, -0.2) is 14.4 Å². The molecule has 4 N–H and O–H groups in total. The van der Waals surface area contributed by atoms with Crippen LogP contribution in [0, 0.1) is 0 Å². The highest BCUT2D eigenvalue weighted by Crippen LogP contribution is 2.36. The zero-order chi connectivity index (χ0) is 24.3. The van der Waals surface area contributed by atoms with Gasteiger partial charge < -0.3 is 20.7 Å². The predicted molar refractivity (Wildman–Crippen MR) is 115 cm³/mol. The number of pyridine rings is 1. The number of fused-ring (bicyclic) bond motifs is 1. The van der Waals surface area contributed by atoms with E-state index in [2.05, 4.69) is 25.2 Å². The number of anilines is 1. The molecule has 0 saturated carbocycles. The van der Waals surface area contributed by atoms with Crippen LogP contribution in [0.15, 0.2) is 47.2 Å². The standard InChI is InChI=1S/C19H19N7O.C2HF3O2/c20-18-17(24-27-25-18)19-23-16-14(26(19)13-6-9-21-10-7-13)8-11-22-15(16)12-4-2-1-3-5-12;3-2(4,5)1(6)7/h1-5,8,11,13,21H,6-7,9-10H2,(H2,20,25);(H,6,7). The first-order valence-corrected chi connectivity index (χ1v) is 10.3. The maximum atomic E-state index is 10.6. The lowest BCUT2D eigenvalue weighted by atomic mass is 10.1. The zero-order valence-corrected chi connectivity index (χ0v) is 17.7. The summed E-state index contributed by atoms with van der Waals surface area (Å²) in [6, 6.07) is 12.4. The Bertz CT molecular complexity index is 1280. The summed E-state index contributed by atoms with van der Waals surface area (Å²) >= 11 is 0. The summed E-state index contributed by atoms with van der Waals surface area (Å²) < 4.78 is 38.8. The fourth-order valence-electron chi connectivity index (χ4n) is 3.78. The van der Waals surface area contributed by atoms with Crippen molar-refractivity contribution in [3.8, 4) is 22.8 Å². The second kappa shape index (κ2) is 9.47. The van der Waals surface area contributed by atoms with E-state index in [0.29, 0.717) is 17.6 Å². The molecule has 13 heteroatoms.